The molecule has 0 aromatic heterocycles. The largest absolute Gasteiger partial charge is 0.275 e. The Kier molecular flexibility index (Phi) is 1.32. The SMILES string of the molecule is N#CC1[C]=NCS1. The van der Waals surface area contributed by atoms with Gasteiger partial charge in [0.05, 0.1) is 18.2 Å². The minimum atomic E-state index is -0.0972. The van der Waals surface area contributed by atoms with E-state index >= 15 is 0 Å². The molecule has 0 aliphatic carbocycles. The van der Waals surface area contributed by atoms with Crippen molar-refractivity contribution in [1.29, 1.82) is 5.26 Å². The van der Waals surface area contributed by atoms with Gasteiger partial charge in [-0.3, -0.25) is 4.99 Å². The van der Waals surface area contributed by atoms with Gasteiger partial charge >= 0.3 is 0 Å². The molecule has 1 heterocycles. The van der Waals surface area contributed by atoms with Crippen LogP contribution in [-0.4, -0.2) is 17.3 Å². The highest BCUT2D eigenvalue weighted by Gasteiger charge is 2.08. The van der Waals surface area contributed by atoms with E-state index in [0.717, 1.165) is 0 Å². The van der Waals surface area contributed by atoms with E-state index in [1.54, 1.807) is 0 Å². The standard InChI is InChI=1S/C4H3N2S/c5-1-4-2-6-3-7-4/h4H,3H2. The quantitative estimate of drug-likeness (QED) is 0.457. The fourth-order valence-corrected chi connectivity index (χ4v) is 0.857. The summed E-state index contributed by atoms with van der Waals surface area (Å²) >= 11 is 1.50. The number of nitrogens with zero attached hydrogens (tertiary/aromatic N) is 2. The fraction of sp³-hybridized carbons (Fsp3) is 0.500. The zero-order valence-corrected chi connectivity index (χ0v) is 4.40. The van der Waals surface area contributed by atoms with E-state index in [1.165, 1.54) is 11.8 Å². The number of hydrogen-bond acceptors (Lipinski definition) is 3. The molecule has 1 radical (unpaired) electrons. The van der Waals surface area contributed by atoms with Crippen LogP contribution >= 0.6 is 11.8 Å². The molecule has 2 nitrogen and oxygen atoms in total. The second-order valence-electron chi connectivity index (χ2n) is 1.09. The van der Waals surface area contributed by atoms with Gasteiger partial charge in [0.2, 0.25) is 0 Å². The zero-order valence-electron chi connectivity index (χ0n) is 3.59. The van der Waals surface area contributed by atoms with Crippen LogP contribution in [0.2, 0.25) is 0 Å². The molecule has 0 saturated heterocycles. The Balaban J connectivity index is 2.47. The smallest absolute Gasteiger partial charge is 0.137 e. The third kappa shape index (κ3) is 0.937. The van der Waals surface area contributed by atoms with Crippen molar-refractivity contribution >= 4 is 18.0 Å². The van der Waals surface area contributed by atoms with Crippen molar-refractivity contribution in [3.63, 3.8) is 0 Å². The number of hydrogen-bond donors (Lipinski definition) is 0. The van der Waals surface area contributed by atoms with E-state index in [4.69, 9.17) is 5.26 Å². The van der Waals surface area contributed by atoms with E-state index in [-0.39, 0.29) is 5.25 Å². The van der Waals surface area contributed by atoms with Crippen LogP contribution in [0.15, 0.2) is 4.99 Å². The molecule has 0 saturated carbocycles. The van der Waals surface area contributed by atoms with Gasteiger partial charge < -0.3 is 0 Å². The number of aliphatic imine (C=N–C) groups is 1. The van der Waals surface area contributed by atoms with E-state index in [1.807, 2.05) is 6.07 Å². The Morgan fingerprint density at radius 2 is 2.86 bits per heavy atom. The van der Waals surface area contributed by atoms with Crippen LogP contribution in [0.5, 0.6) is 0 Å². The lowest BCUT2D eigenvalue weighted by molar-refractivity contribution is 1.41. The normalized spacial score (nSPS) is 27.6. The monoisotopic (exact) mass is 111 g/mol. The Bertz CT molecular complexity index is 124. The van der Waals surface area contributed by atoms with Crippen molar-refractivity contribution in [2.45, 2.75) is 5.25 Å². The third-order valence-corrected chi connectivity index (χ3v) is 1.45. The molecule has 35 valence electrons. The molecule has 0 amide bonds. The van der Waals surface area contributed by atoms with Crippen molar-refractivity contribution in [1.82, 2.24) is 0 Å². The Morgan fingerprint density at radius 1 is 2.00 bits per heavy atom. The van der Waals surface area contributed by atoms with Crippen molar-refractivity contribution in [3.8, 4) is 6.07 Å². The van der Waals surface area contributed by atoms with Gasteiger partial charge in [-0.2, -0.15) is 5.26 Å². The van der Waals surface area contributed by atoms with Crippen molar-refractivity contribution in [2.75, 3.05) is 5.88 Å². The molecular weight excluding hydrogens is 108 g/mol. The van der Waals surface area contributed by atoms with Gasteiger partial charge in [-0.25, -0.2) is 0 Å². The summed E-state index contributed by atoms with van der Waals surface area (Å²) in [5, 5.41) is 8.08. The fourth-order valence-electron chi connectivity index (χ4n) is 0.335. The summed E-state index contributed by atoms with van der Waals surface area (Å²) in [6.07, 6.45) is 2.63. The van der Waals surface area contributed by atoms with E-state index < -0.39 is 0 Å². The predicted molar refractivity (Wildman–Crippen MR) is 29.3 cm³/mol. The molecule has 1 unspecified atom stereocenters. The Hall–Kier alpha value is -0.490. The molecule has 1 aliphatic rings. The first-order chi connectivity index (χ1) is 3.43. The molecule has 0 spiro atoms. The first-order valence-electron chi connectivity index (χ1n) is 1.87. The van der Waals surface area contributed by atoms with E-state index in [9.17, 15) is 0 Å². The van der Waals surface area contributed by atoms with Crippen molar-refractivity contribution in [2.24, 2.45) is 4.99 Å². The van der Waals surface area contributed by atoms with Crippen LogP contribution in [0.3, 0.4) is 0 Å². The van der Waals surface area contributed by atoms with Crippen LogP contribution in [0, 0.1) is 11.3 Å². The van der Waals surface area contributed by atoms with Gasteiger partial charge in [-0.05, 0) is 0 Å². The highest BCUT2D eigenvalue weighted by Crippen LogP contribution is 2.13. The van der Waals surface area contributed by atoms with Crippen LogP contribution in [0.25, 0.3) is 0 Å². The third-order valence-electron chi connectivity index (χ3n) is 0.632. The van der Waals surface area contributed by atoms with Crippen LogP contribution in [0.4, 0.5) is 0 Å². The lowest BCUT2D eigenvalue weighted by Gasteiger charge is -1.82. The summed E-state index contributed by atoms with van der Waals surface area (Å²) in [5.41, 5.74) is 0. The highest BCUT2D eigenvalue weighted by atomic mass is 32.2. The molecule has 0 bridgehead atoms. The molecule has 7 heavy (non-hydrogen) atoms. The average molecular weight is 111 g/mol. The molecule has 0 aromatic rings. The van der Waals surface area contributed by atoms with E-state index in [2.05, 4.69) is 11.2 Å². The maximum Gasteiger partial charge on any atom is 0.137 e. The summed E-state index contributed by atoms with van der Waals surface area (Å²) in [5.74, 6) is 0.707. The topological polar surface area (TPSA) is 36.1 Å². The maximum atomic E-state index is 8.17. The van der Waals surface area contributed by atoms with Gasteiger partial charge in [-0.1, -0.05) is 0 Å². The predicted octanol–water partition coefficient (Wildman–Crippen LogP) is 0.531. The van der Waals surface area contributed by atoms with Crippen molar-refractivity contribution < 1.29 is 0 Å². The maximum absolute atomic E-state index is 8.17. The molecule has 1 rings (SSSR count). The van der Waals surface area contributed by atoms with Gasteiger partial charge in [0.15, 0.2) is 0 Å². The second kappa shape index (κ2) is 1.99. The summed E-state index contributed by atoms with van der Waals surface area (Å²) < 4.78 is 0. The summed E-state index contributed by atoms with van der Waals surface area (Å²) in [6, 6.07) is 2.02. The number of nitriles is 1. The molecular formula is C4H3N2S. The van der Waals surface area contributed by atoms with Crippen LogP contribution < -0.4 is 0 Å². The van der Waals surface area contributed by atoms with Crippen LogP contribution in [0.1, 0.15) is 0 Å². The minimum Gasteiger partial charge on any atom is -0.275 e. The lowest BCUT2D eigenvalue weighted by atomic mass is 10.5. The zero-order chi connectivity index (χ0) is 5.11. The minimum absolute atomic E-state index is 0.0972. The molecule has 1 aliphatic heterocycles. The lowest BCUT2D eigenvalue weighted by Crippen LogP contribution is -1.91. The number of thioether (sulfide) groups is 1. The first kappa shape index (κ1) is 4.66. The summed E-state index contributed by atoms with van der Waals surface area (Å²) in [6.45, 7) is 0. The summed E-state index contributed by atoms with van der Waals surface area (Å²) in [4.78, 5) is 3.73. The Labute approximate surface area is 46.2 Å². The average Bonchev–Trinajstić information content (AvgIpc) is 2.14. The molecule has 0 fully saturated rings. The second-order valence-corrected chi connectivity index (χ2v) is 2.16. The van der Waals surface area contributed by atoms with Crippen molar-refractivity contribution in [3.05, 3.63) is 0 Å². The Morgan fingerprint density at radius 3 is 3.14 bits per heavy atom. The highest BCUT2D eigenvalue weighted by molar-refractivity contribution is 8.01. The van der Waals surface area contributed by atoms with Gasteiger partial charge in [0.1, 0.15) is 5.25 Å². The van der Waals surface area contributed by atoms with Gasteiger partial charge in [-0.15, -0.1) is 11.8 Å². The van der Waals surface area contributed by atoms with Gasteiger partial charge in [0.25, 0.3) is 0 Å². The van der Waals surface area contributed by atoms with Crippen LogP contribution in [-0.2, 0) is 0 Å². The van der Waals surface area contributed by atoms with E-state index in [0.29, 0.717) is 5.88 Å². The summed E-state index contributed by atoms with van der Waals surface area (Å²) in [7, 11) is 0. The van der Waals surface area contributed by atoms with Gasteiger partial charge in [0, 0.05) is 0 Å². The molecule has 0 N–H and O–H groups in total. The molecule has 1 atom stereocenters. The first-order valence-corrected chi connectivity index (χ1v) is 2.91. The number of rotatable bonds is 0. The molecule has 3 heteroatoms. The molecule has 0 aromatic carbocycles.